The number of anilines is 1. The van der Waals surface area contributed by atoms with E-state index in [0.29, 0.717) is 6.54 Å². The normalized spacial score (nSPS) is 21.7. The molecule has 0 bridgehead atoms. The van der Waals surface area contributed by atoms with Crippen LogP contribution in [-0.4, -0.2) is 58.8 Å². The van der Waals surface area contributed by atoms with Gasteiger partial charge in [-0.1, -0.05) is 6.07 Å². The van der Waals surface area contributed by atoms with Crippen LogP contribution >= 0.6 is 0 Å². The number of benzene rings is 1. The largest absolute Gasteiger partial charge is 0.490 e. The monoisotopic (exact) mass is 340 g/mol. The van der Waals surface area contributed by atoms with Gasteiger partial charge in [0.2, 0.25) is 5.95 Å². The lowest BCUT2D eigenvalue weighted by molar-refractivity contribution is 0.109. The number of nitrogens with zero attached hydrogens (tertiary/aromatic N) is 4. The van der Waals surface area contributed by atoms with Crippen LogP contribution in [-0.2, 0) is 6.42 Å². The molecule has 2 unspecified atom stereocenters. The van der Waals surface area contributed by atoms with Crippen molar-refractivity contribution < 1.29 is 9.84 Å². The molecule has 132 valence electrons. The molecule has 2 aliphatic heterocycles. The highest BCUT2D eigenvalue weighted by Crippen LogP contribution is 2.31. The number of β-amino-alcohol motifs (C(OH)–C–C–N with tert-alkyl or cyclic N) is 1. The van der Waals surface area contributed by atoms with E-state index in [-0.39, 0.29) is 6.10 Å². The predicted octanol–water partition coefficient (Wildman–Crippen LogP) is 1.66. The molecule has 25 heavy (non-hydrogen) atoms. The van der Waals surface area contributed by atoms with Crippen molar-refractivity contribution in [1.29, 1.82) is 0 Å². The first-order chi connectivity index (χ1) is 12.2. The molecule has 0 radical (unpaired) electrons. The van der Waals surface area contributed by atoms with Gasteiger partial charge in [-0.25, -0.2) is 9.97 Å². The fourth-order valence-corrected chi connectivity index (χ4v) is 3.58. The Morgan fingerprint density at radius 1 is 1.20 bits per heavy atom. The Kier molecular flexibility index (Phi) is 4.55. The van der Waals surface area contributed by atoms with Crippen LogP contribution in [0.15, 0.2) is 36.7 Å². The molecule has 6 nitrogen and oxygen atoms in total. The summed E-state index contributed by atoms with van der Waals surface area (Å²) in [5, 5.41) is 10.6. The lowest BCUT2D eigenvalue weighted by Crippen LogP contribution is -2.48. The summed E-state index contributed by atoms with van der Waals surface area (Å²) >= 11 is 0. The summed E-state index contributed by atoms with van der Waals surface area (Å²) in [6.07, 6.45) is 4.23. The van der Waals surface area contributed by atoms with E-state index >= 15 is 0 Å². The van der Waals surface area contributed by atoms with Gasteiger partial charge < -0.3 is 14.7 Å². The first-order valence-corrected chi connectivity index (χ1v) is 8.91. The Balaban J connectivity index is 1.33. The van der Waals surface area contributed by atoms with Crippen molar-refractivity contribution >= 4 is 5.95 Å². The maximum absolute atomic E-state index is 10.6. The lowest BCUT2D eigenvalue weighted by Gasteiger charge is -2.35. The van der Waals surface area contributed by atoms with Gasteiger partial charge in [0, 0.05) is 51.5 Å². The molecule has 1 aromatic heterocycles. The number of piperazine rings is 1. The van der Waals surface area contributed by atoms with Gasteiger partial charge in [-0.05, 0) is 36.2 Å². The summed E-state index contributed by atoms with van der Waals surface area (Å²) in [4.78, 5) is 13.1. The zero-order chi connectivity index (χ0) is 17.2. The second kappa shape index (κ2) is 6.98. The second-order valence-electron chi connectivity index (χ2n) is 6.85. The smallest absolute Gasteiger partial charge is 0.225 e. The van der Waals surface area contributed by atoms with Crippen LogP contribution in [0, 0.1) is 0 Å². The zero-order valence-electron chi connectivity index (χ0n) is 14.5. The number of rotatable bonds is 4. The third kappa shape index (κ3) is 3.60. The van der Waals surface area contributed by atoms with Gasteiger partial charge in [0.25, 0.3) is 0 Å². The van der Waals surface area contributed by atoms with Gasteiger partial charge in [0.05, 0.1) is 6.10 Å². The van der Waals surface area contributed by atoms with Crippen molar-refractivity contribution in [2.75, 3.05) is 37.6 Å². The van der Waals surface area contributed by atoms with E-state index in [1.165, 1.54) is 5.56 Å². The van der Waals surface area contributed by atoms with Crippen molar-refractivity contribution in [3.05, 3.63) is 47.8 Å². The molecule has 1 aromatic carbocycles. The van der Waals surface area contributed by atoms with E-state index in [4.69, 9.17) is 4.74 Å². The molecule has 0 aliphatic carbocycles. The number of ether oxygens (including phenoxy) is 1. The number of aliphatic hydroxyl groups is 1. The molecule has 6 heteroatoms. The number of fused-ring (bicyclic) bond motifs is 1. The fourth-order valence-electron chi connectivity index (χ4n) is 3.58. The Bertz CT molecular complexity index is 717. The van der Waals surface area contributed by atoms with Crippen LogP contribution < -0.4 is 9.64 Å². The zero-order valence-corrected chi connectivity index (χ0v) is 14.5. The van der Waals surface area contributed by atoms with Gasteiger partial charge in [0.15, 0.2) is 0 Å². The Morgan fingerprint density at radius 3 is 2.72 bits per heavy atom. The maximum Gasteiger partial charge on any atom is 0.225 e. The summed E-state index contributed by atoms with van der Waals surface area (Å²) in [6, 6.07) is 7.90. The molecule has 3 heterocycles. The van der Waals surface area contributed by atoms with E-state index < -0.39 is 6.10 Å². The number of hydrogen-bond donors (Lipinski definition) is 1. The van der Waals surface area contributed by atoms with E-state index in [1.807, 2.05) is 18.2 Å². The Hall–Kier alpha value is -2.18. The van der Waals surface area contributed by atoms with Crippen LogP contribution in [0.2, 0.25) is 0 Å². The molecule has 1 N–H and O–H groups in total. The molecule has 1 saturated heterocycles. The topological polar surface area (TPSA) is 61.7 Å². The molecule has 2 atom stereocenters. The quantitative estimate of drug-likeness (QED) is 0.913. The molecular weight excluding hydrogens is 316 g/mol. The first kappa shape index (κ1) is 16.3. The van der Waals surface area contributed by atoms with E-state index in [2.05, 4.69) is 32.8 Å². The SMILES string of the molecule is CC1Cc2cc(C(O)CN3CCN(c4ncccn4)CC3)ccc2O1. The van der Waals surface area contributed by atoms with Gasteiger partial charge in [0.1, 0.15) is 11.9 Å². The highest BCUT2D eigenvalue weighted by Gasteiger charge is 2.23. The molecule has 1 fully saturated rings. The molecular formula is C19H24N4O2. The fraction of sp³-hybridized carbons (Fsp3) is 0.474. The molecule has 0 spiro atoms. The molecule has 2 aliphatic rings. The van der Waals surface area contributed by atoms with Crippen LogP contribution in [0.25, 0.3) is 0 Å². The average molecular weight is 340 g/mol. The van der Waals surface area contributed by atoms with Crippen molar-refractivity contribution in [3.8, 4) is 5.75 Å². The molecule has 0 saturated carbocycles. The minimum atomic E-state index is -0.472. The average Bonchev–Trinajstić information content (AvgIpc) is 3.02. The number of hydrogen-bond acceptors (Lipinski definition) is 6. The highest BCUT2D eigenvalue weighted by molar-refractivity contribution is 5.41. The third-order valence-corrected chi connectivity index (χ3v) is 4.94. The van der Waals surface area contributed by atoms with Crippen LogP contribution in [0.5, 0.6) is 5.75 Å². The standard InChI is InChI=1S/C19H24N4O2/c1-14-11-16-12-15(3-4-18(16)25-14)17(24)13-22-7-9-23(10-8-22)19-20-5-2-6-21-19/h2-6,12,14,17,24H,7-11,13H2,1H3. The minimum absolute atomic E-state index is 0.232. The lowest BCUT2D eigenvalue weighted by atomic mass is 10.0. The first-order valence-electron chi connectivity index (χ1n) is 8.91. The van der Waals surface area contributed by atoms with Crippen molar-refractivity contribution in [2.45, 2.75) is 25.6 Å². The second-order valence-corrected chi connectivity index (χ2v) is 6.85. The molecule has 4 rings (SSSR count). The van der Waals surface area contributed by atoms with Gasteiger partial charge >= 0.3 is 0 Å². The van der Waals surface area contributed by atoms with Gasteiger partial charge in [-0.15, -0.1) is 0 Å². The summed E-state index contributed by atoms with van der Waals surface area (Å²) in [5.41, 5.74) is 2.18. The van der Waals surface area contributed by atoms with Crippen molar-refractivity contribution in [2.24, 2.45) is 0 Å². The number of aliphatic hydroxyl groups excluding tert-OH is 1. The van der Waals surface area contributed by atoms with Crippen LogP contribution in [0.1, 0.15) is 24.2 Å². The van der Waals surface area contributed by atoms with E-state index in [9.17, 15) is 5.11 Å². The maximum atomic E-state index is 10.6. The predicted molar refractivity (Wildman–Crippen MR) is 95.9 cm³/mol. The Labute approximate surface area is 148 Å². The highest BCUT2D eigenvalue weighted by atomic mass is 16.5. The minimum Gasteiger partial charge on any atom is -0.490 e. The van der Waals surface area contributed by atoms with Gasteiger partial charge in [-0.2, -0.15) is 0 Å². The summed E-state index contributed by atoms with van der Waals surface area (Å²) in [7, 11) is 0. The van der Waals surface area contributed by atoms with E-state index in [1.54, 1.807) is 12.4 Å². The van der Waals surface area contributed by atoms with Gasteiger partial charge in [-0.3, -0.25) is 4.90 Å². The summed E-state index contributed by atoms with van der Waals surface area (Å²) in [6.45, 7) is 6.30. The van der Waals surface area contributed by atoms with E-state index in [0.717, 1.165) is 49.9 Å². The van der Waals surface area contributed by atoms with Crippen LogP contribution in [0.4, 0.5) is 5.95 Å². The van der Waals surface area contributed by atoms with Crippen LogP contribution in [0.3, 0.4) is 0 Å². The molecule has 0 amide bonds. The summed E-state index contributed by atoms with van der Waals surface area (Å²) < 4.78 is 5.74. The summed E-state index contributed by atoms with van der Waals surface area (Å²) in [5.74, 6) is 1.75. The molecule has 2 aromatic rings. The third-order valence-electron chi connectivity index (χ3n) is 4.94. The van der Waals surface area contributed by atoms with Crippen molar-refractivity contribution in [3.63, 3.8) is 0 Å². The van der Waals surface area contributed by atoms with Crippen molar-refractivity contribution in [1.82, 2.24) is 14.9 Å². The Morgan fingerprint density at radius 2 is 1.96 bits per heavy atom. The number of aromatic nitrogens is 2.